The minimum Gasteiger partial charge on any atom is -0.325 e. The maximum absolute atomic E-state index is 12.8. The standard InChI is InChI=1S/C17H21N3O/c1-2-17(8-11-18-12-9-17)16(21)20-15-7-3-6-14-13(15)5-4-10-19-14/h3-7,10,18H,2,8-9,11-12H2,1H3,(H,20,21). The van der Waals surface area contributed by atoms with E-state index in [1.54, 1.807) is 6.20 Å². The summed E-state index contributed by atoms with van der Waals surface area (Å²) < 4.78 is 0. The first-order valence-electron chi connectivity index (χ1n) is 7.61. The summed E-state index contributed by atoms with van der Waals surface area (Å²) in [6.45, 7) is 3.94. The van der Waals surface area contributed by atoms with Crippen LogP contribution in [0.4, 0.5) is 5.69 Å². The van der Waals surface area contributed by atoms with Crippen molar-refractivity contribution in [2.75, 3.05) is 18.4 Å². The van der Waals surface area contributed by atoms with Crippen LogP contribution in [-0.4, -0.2) is 24.0 Å². The van der Waals surface area contributed by atoms with E-state index in [0.29, 0.717) is 0 Å². The molecule has 0 bridgehead atoms. The topological polar surface area (TPSA) is 54.0 Å². The summed E-state index contributed by atoms with van der Waals surface area (Å²) in [6, 6.07) is 9.75. The number of carbonyl (C=O) groups excluding carboxylic acids is 1. The van der Waals surface area contributed by atoms with E-state index in [1.165, 1.54) is 0 Å². The van der Waals surface area contributed by atoms with Crippen molar-refractivity contribution in [1.29, 1.82) is 0 Å². The summed E-state index contributed by atoms with van der Waals surface area (Å²) in [7, 11) is 0. The Bertz CT molecular complexity index is 642. The van der Waals surface area contributed by atoms with E-state index in [0.717, 1.165) is 48.9 Å². The van der Waals surface area contributed by atoms with Crippen LogP contribution in [0.1, 0.15) is 26.2 Å². The Morgan fingerprint density at radius 2 is 2.10 bits per heavy atom. The van der Waals surface area contributed by atoms with Crippen LogP contribution in [0.25, 0.3) is 10.9 Å². The number of hydrogen-bond acceptors (Lipinski definition) is 3. The van der Waals surface area contributed by atoms with Gasteiger partial charge in [-0.1, -0.05) is 13.0 Å². The fraction of sp³-hybridized carbons (Fsp3) is 0.412. The molecule has 0 saturated carbocycles. The number of nitrogens with zero attached hydrogens (tertiary/aromatic N) is 1. The largest absolute Gasteiger partial charge is 0.325 e. The molecule has 2 aromatic rings. The van der Waals surface area contributed by atoms with Crippen molar-refractivity contribution in [2.24, 2.45) is 5.41 Å². The van der Waals surface area contributed by atoms with Gasteiger partial charge in [-0.05, 0) is 56.6 Å². The zero-order valence-corrected chi connectivity index (χ0v) is 12.4. The van der Waals surface area contributed by atoms with Gasteiger partial charge in [-0.15, -0.1) is 0 Å². The molecule has 110 valence electrons. The quantitative estimate of drug-likeness (QED) is 0.910. The van der Waals surface area contributed by atoms with Gasteiger partial charge in [-0.25, -0.2) is 0 Å². The summed E-state index contributed by atoms with van der Waals surface area (Å²) >= 11 is 0. The molecule has 2 N–H and O–H groups in total. The van der Waals surface area contributed by atoms with Crippen molar-refractivity contribution in [3.63, 3.8) is 0 Å². The van der Waals surface area contributed by atoms with E-state index in [1.807, 2.05) is 30.3 Å². The second kappa shape index (κ2) is 5.82. The van der Waals surface area contributed by atoms with Gasteiger partial charge >= 0.3 is 0 Å². The number of fused-ring (bicyclic) bond motifs is 1. The molecule has 0 radical (unpaired) electrons. The number of benzene rings is 1. The smallest absolute Gasteiger partial charge is 0.230 e. The molecule has 4 heteroatoms. The molecule has 4 nitrogen and oxygen atoms in total. The molecular weight excluding hydrogens is 262 g/mol. The highest BCUT2D eigenvalue weighted by molar-refractivity contribution is 6.03. The molecule has 1 aromatic heterocycles. The van der Waals surface area contributed by atoms with Gasteiger partial charge in [0, 0.05) is 11.6 Å². The van der Waals surface area contributed by atoms with Crippen LogP contribution in [0.5, 0.6) is 0 Å². The van der Waals surface area contributed by atoms with Crippen LogP contribution in [-0.2, 0) is 4.79 Å². The van der Waals surface area contributed by atoms with Crippen molar-refractivity contribution >= 4 is 22.5 Å². The number of carbonyl (C=O) groups is 1. The molecule has 0 atom stereocenters. The molecule has 1 amide bonds. The van der Waals surface area contributed by atoms with E-state index >= 15 is 0 Å². The van der Waals surface area contributed by atoms with Crippen LogP contribution in [0.2, 0.25) is 0 Å². The van der Waals surface area contributed by atoms with Crippen LogP contribution < -0.4 is 10.6 Å². The molecule has 1 saturated heterocycles. The zero-order chi connectivity index (χ0) is 14.7. The van der Waals surface area contributed by atoms with Gasteiger partial charge in [-0.3, -0.25) is 9.78 Å². The third kappa shape index (κ3) is 2.63. The van der Waals surface area contributed by atoms with Crippen molar-refractivity contribution < 1.29 is 4.79 Å². The van der Waals surface area contributed by atoms with Gasteiger partial charge in [0.2, 0.25) is 5.91 Å². The van der Waals surface area contributed by atoms with Crippen molar-refractivity contribution in [3.05, 3.63) is 36.5 Å². The fourth-order valence-corrected chi connectivity index (χ4v) is 3.11. The minimum absolute atomic E-state index is 0.142. The normalized spacial score (nSPS) is 17.6. The van der Waals surface area contributed by atoms with E-state index < -0.39 is 0 Å². The van der Waals surface area contributed by atoms with Gasteiger partial charge < -0.3 is 10.6 Å². The lowest BCUT2D eigenvalue weighted by Crippen LogP contribution is -2.44. The average Bonchev–Trinajstić information content (AvgIpc) is 2.56. The molecule has 1 aliphatic rings. The number of anilines is 1. The monoisotopic (exact) mass is 283 g/mol. The lowest BCUT2D eigenvalue weighted by molar-refractivity contribution is -0.127. The SMILES string of the molecule is CCC1(C(=O)Nc2cccc3ncccc23)CCNCC1. The predicted molar refractivity (Wildman–Crippen MR) is 85.2 cm³/mol. The molecule has 1 aliphatic heterocycles. The Morgan fingerprint density at radius 1 is 1.29 bits per heavy atom. The maximum atomic E-state index is 12.8. The molecule has 0 unspecified atom stereocenters. The fourth-order valence-electron chi connectivity index (χ4n) is 3.11. The van der Waals surface area contributed by atoms with Crippen LogP contribution in [0, 0.1) is 5.41 Å². The molecular formula is C17H21N3O. The predicted octanol–water partition coefficient (Wildman–Crippen LogP) is 2.95. The number of pyridine rings is 1. The second-order valence-electron chi connectivity index (χ2n) is 5.71. The summed E-state index contributed by atoms with van der Waals surface area (Å²) in [6.07, 6.45) is 4.45. The number of hydrogen-bond donors (Lipinski definition) is 2. The summed E-state index contributed by atoms with van der Waals surface area (Å²) in [4.78, 5) is 17.1. The molecule has 1 aromatic carbocycles. The number of nitrogens with one attached hydrogen (secondary N) is 2. The first-order valence-corrected chi connectivity index (χ1v) is 7.61. The average molecular weight is 283 g/mol. The maximum Gasteiger partial charge on any atom is 0.230 e. The highest BCUT2D eigenvalue weighted by Gasteiger charge is 2.37. The van der Waals surface area contributed by atoms with E-state index in [2.05, 4.69) is 22.5 Å². The van der Waals surface area contributed by atoms with Gasteiger partial charge in [0.1, 0.15) is 0 Å². The van der Waals surface area contributed by atoms with Crippen molar-refractivity contribution in [2.45, 2.75) is 26.2 Å². The molecule has 0 spiro atoms. The highest BCUT2D eigenvalue weighted by Crippen LogP contribution is 2.34. The van der Waals surface area contributed by atoms with Crippen LogP contribution in [0.3, 0.4) is 0 Å². The number of piperidine rings is 1. The summed E-state index contributed by atoms with van der Waals surface area (Å²) in [5.74, 6) is 0.142. The molecule has 3 rings (SSSR count). The van der Waals surface area contributed by atoms with Crippen molar-refractivity contribution in [1.82, 2.24) is 10.3 Å². The van der Waals surface area contributed by atoms with Gasteiger partial charge in [0.15, 0.2) is 0 Å². The first-order chi connectivity index (χ1) is 10.2. The Balaban J connectivity index is 1.89. The van der Waals surface area contributed by atoms with E-state index in [9.17, 15) is 4.79 Å². The Labute approximate surface area is 125 Å². The third-order valence-electron chi connectivity index (χ3n) is 4.61. The van der Waals surface area contributed by atoms with Gasteiger partial charge in [0.25, 0.3) is 0 Å². The Kier molecular flexibility index (Phi) is 3.88. The lowest BCUT2D eigenvalue weighted by Gasteiger charge is -2.35. The van der Waals surface area contributed by atoms with Crippen LogP contribution >= 0.6 is 0 Å². The molecule has 21 heavy (non-hydrogen) atoms. The first kappa shape index (κ1) is 14.0. The second-order valence-corrected chi connectivity index (χ2v) is 5.71. The summed E-state index contributed by atoms with van der Waals surface area (Å²) in [5, 5.41) is 7.47. The van der Waals surface area contributed by atoms with E-state index in [4.69, 9.17) is 0 Å². The Morgan fingerprint density at radius 3 is 2.86 bits per heavy atom. The van der Waals surface area contributed by atoms with E-state index in [-0.39, 0.29) is 11.3 Å². The van der Waals surface area contributed by atoms with Gasteiger partial charge in [-0.2, -0.15) is 0 Å². The zero-order valence-electron chi connectivity index (χ0n) is 12.4. The molecule has 2 heterocycles. The number of rotatable bonds is 3. The number of amides is 1. The van der Waals surface area contributed by atoms with Gasteiger partial charge in [0.05, 0.1) is 16.6 Å². The molecule has 0 aliphatic carbocycles. The highest BCUT2D eigenvalue weighted by atomic mass is 16.2. The lowest BCUT2D eigenvalue weighted by atomic mass is 9.76. The third-order valence-corrected chi connectivity index (χ3v) is 4.61. The van der Waals surface area contributed by atoms with Crippen molar-refractivity contribution in [3.8, 4) is 0 Å². The Hall–Kier alpha value is -1.94. The van der Waals surface area contributed by atoms with Crippen LogP contribution in [0.15, 0.2) is 36.5 Å². The minimum atomic E-state index is -0.240. The summed E-state index contributed by atoms with van der Waals surface area (Å²) in [5.41, 5.74) is 1.53. The number of aromatic nitrogens is 1. The molecule has 1 fully saturated rings.